The molecule has 0 bridgehead atoms. The first-order valence-corrected chi connectivity index (χ1v) is 17.7. The summed E-state index contributed by atoms with van der Waals surface area (Å²) in [6.07, 6.45) is -8.80. The van der Waals surface area contributed by atoms with E-state index in [4.69, 9.17) is 47.4 Å². The van der Waals surface area contributed by atoms with E-state index in [2.05, 4.69) is 14.8 Å². The SMILES string of the molecule is COC(=O)CCCCCCCCO[C@H]1O[C@H](COC(C)=O)[C@@H](O[C@@H]2O[C@H](COC(C)=O)[C@H](OC(C)=O)[C@H](OC(C)=O)[C@H]2OC(C)=O)[C@H](OC(C)=O)[C@H]1N=[N+]=[N-]. The molecule has 0 aromatic heterocycles. The van der Waals surface area contributed by atoms with Crippen LogP contribution in [-0.2, 0) is 85.7 Å². The molecule has 2 rings (SSSR count). The van der Waals surface area contributed by atoms with Gasteiger partial charge in [-0.2, -0.15) is 0 Å². The summed E-state index contributed by atoms with van der Waals surface area (Å²) in [5.74, 6) is -5.23. The first kappa shape index (κ1) is 46.6. The Morgan fingerprint density at radius 2 is 1.05 bits per heavy atom. The van der Waals surface area contributed by atoms with Crippen molar-refractivity contribution in [3.05, 3.63) is 10.4 Å². The lowest BCUT2D eigenvalue weighted by atomic mass is 9.95. The molecule has 2 fully saturated rings. The monoisotopic (exact) mass is 789 g/mol. The fourth-order valence-electron chi connectivity index (χ4n) is 5.87. The minimum absolute atomic E-state index is 0.114. The van der Waals surface area contributed by atoms with Crippen molar-refractivity contribution < 1.29 is 85.7 Å². The van der Waals surface area contributed by atoms with E-state index in [0.29, 0.717) is 19.3 Å². The van der Waals surface area contributed by atoms with Crippen molar-refractivity contribution in [3.63, 3.8) is 0 Å². The third-order valence-electron chi connectivity index (χ3n) is 8.08. The van der Waals surface area contributed by atoms with Crippen molar-refractivity contribution in [1.29, 1.82) is 0 Å². The first-order chi connectivity index (χ1) is 26.1. The summed E-state index contributed by atoms with van der Waals surface area (Å²) < 4.78 is 61.5. The molecule has 0 amide bonds. The second kappa shape index (κ2) is 24.1. The molecule has 21 heteroatoms. The molecule has 0 aromatic rings. The molecule has 55 heavy (non-hydrogen) atoms. The van der Waals surface area contributed by atoms with Crippen LogP contribution >= 0.6 is 0 Å². The highest BCUT2D eigenvalue weighted by Crippen LogP contribution is 2.35. The lowest BCUT2D eigenvalue weighted by molar-refractivity contribution is -0.349. The molecule has 0 unspecified atom stereocenters. The molecule has 2 aliphatic rings. The molecule has 0 aromatic carbocycles. The summed E-state index contributed by atoms with van der Waals surface area (Å²) in [6, 6.07) is -1.41. The van der Waals surface area contributed by atoms with Crippen molar-refractivity contribution in [2.75, 3.05) is 26.9 Å². The van der Waals surface area contributed by atoms with E-state index < -0.39 is 110 Å². The molecular weight excluding hydrogens is 738 g/mol. The van der Waals surface area contributed by atoms with Crippen molar-refractivity contribution in [2.24, 2.45) is 5.11 Å². The number of ether oxygens (including phenoxy) is 11. The molecule has 21 nitrogen and oxygen atoms in total. The van der Waals surface area contributed by atoms with Crippen LogP contribution in [0.25, 0.3) is 10.4 Å². The Labute approximate surface area is 317 Å². The Morgan fingerprint density at radius 3 is 1.58 bits per heavy atom. The van der Waals surface area contributed by atoms with Gasteiger partial charge in [0.1, 0.15) is 43.7 Å². The summed E-state index contributed by atoms with van der Waals surface area (Å²) in [5.41, 5.74) is 9.55. The van der Waals surface area contributed by atoms with E-state index in [1.54, 1.807) is 0 Å². The van der Waals surface area contributed by atoms with Crippen molar-refractivity contribution in [1.82, 2.24) is 0 Å². The fraction of sp³-hybridized carbons (Fsp3) is 0.794. The number of hydrogen-bond acceptors (Lipinski definition) is 19. The number of azide groups is 1. The van der Waals surface area contributed by atoms with E-state index in [0.717, 1.165) is 67.2 Å². The van der Waals surface area contributed by atoms with Gasteiger partial charge in [-0.05, 0) is 18.4 Å². The highest BCUT2D eigenvalue weighted by atomic mass is 16.8. The van der Waals surface area contributed by atoms with Crippen LogP contribution < -0.4 is 0 Å². The van der Waals surface area contributed by atoms with Gasteiger partial charge in [-0.25, -0.2) is 0 Å². The van der Waals surface area contributed by atoms with Gasteiger partial charge in [-0.1, -0.05) is 30.8 Å². The van der Waals surface area contributed by atoms with Gasteiger partial charge in [0.2, 0.25) is 0 Å². The predicted molar refractivity (Wildman–Crippen MR) is 181 cm³/mol. The summed E-state index contributed by atoms with van der Waals surface area (Å²) >= 11 is 0. The van der Waals surface area contributed by atoms with Gasteiger partial charge in [0.15, 0.2) is 30.9 Å². The van der Waals surface area contributed by atoms with Crippen LogP contribution in [0.1, 0.15) is 86.5 Å². The third kappa shape index (κ3) is 16.4. The molecule has 310 valence electrons. The smallest absolute Gasteiger partial charge is 0.305 e. The van der Waals surface area contributed by atoms with E-state index in [-0.39, 0.29) is 12.6 Å². The van der Waals surface area contributed by atoms with Gasteiger partial charge in [0.25, 0.3) is 0 Å². The maximum Gasteiger partial charge on any atom is 0.305 e. The summed E-state index contributed by atoms with van der Waals surface area (Å²) in [6.45, 7) is 5.49. The molecular formula is C34H51N3O18. The number of hydrogen-bond donors (Lipinski definition) is 0. The van der Waals surface area contributed by atoms with E-state index in [1.807, 2.05) is 0 Å². The van der Waals surface area contributed by atoms with Crippen LogP contribution in [0.2, 0.25) is 0 Å². The van der Waals surface area contributed by atoms with Gasteiger partial charge in [-0.3, -0.25) is 33.6 Å². The Balaban J connectivity index is 2.47. The standard InChI is InChI=1S/C34H51N3O18/c1-18(38)47-16-24-28(30(50-21(4)41)27(36-37-35)33(53-24)46-15-13-11-9-8-10-12-14-26(44)45-7)55-34-32(52-23(6)43)31(51-22(5)42)29(49-20(3)40)25(54-34)17-48-19(2)39/h24-25,27-34H,8-17H2,1-7H3/t24-,25-,27-,28-,29+,30-,31+,32-,33+,34+/m1/s1. The second-order valence-electron chi connectivity index (χ2n) is 12.6. The topological polar surface area (TPSA) is 270 Å². The van der Waals surface area contributed by atoms with Gasteiger partial charge in [-0.15, -0.1) is 0 Å². The largest absolute Gasteiger partial charge is 0.469 e. The van der Waals surface area contributed by atoms with Crippen LogP contribution in [0.15, 0.2) is 5.11 Å². The van der Waals surface area contributed by atoms with Crippen LogP contribution in [0.3, 0.4) is 0 Å². The Kier molecular flexibility index (Phi) is 20.4. The van der Waals surface area contributed by atoms with Gasteiger partial charge >= 0.3 is 41.8 Å². The normalized spacial score (nSPS) is 27.3. The zero-order valence-electron chi connectivity index (χ0n) is 32.0. The van der Waals surface area contributed by atoms with Crippen LogP contribution in [0.4, 0.5) is 0 Å². The number of methoxy groups -OCH3 is 1. The number of unbranched alkanes of at least 4 members (excludes halogenated alkanes) is 5. The predicted octanol–water partition coefficient (Wildman–Crippen LogP) is 2.27. The van der Waals surface area contributed by atoms with E-state index in [9.17, 15) is 39.1 Å². The zero-order valence-corrected chi connectivity index (χ0v) is 32.0. The zero-order chi connectivity index (χ0) is 41.1. The molecule has 2 saturated heterocycles. The number of esters is 7. The number of nitrogens with zero attached hydrogens (tertiary/aromatic N) is 3. The quantitative estimate of drug-likeness (QED) is 0.0403. The van der Waals surface area contributed by atoms with Crippen LogP contribution in [0, 0.1) is 0 Å². The maximum absolute atomic E-state index is 12.5. The average Bonchev–Trinajstić information content (AvgIpc) is 3.09. The average molecular weight is 790 g/mol. The third-order valence-corrected chi connectivity index (χ3v) is 8.08. The Morgan fingerprint density at radius 1 is 0.582 bits per heavy atom. The molecule has 0 aliphatic carbocycles. The molecule has 2 aliphatic heterocycles. The van der Waals surface area contributed by atoms with Gasteiger partial charge in [0, 0.05) is 59.5 Å². The molecule has 0 saturated carbocycles. The maximum atomic E-state index is 12.5. The lowest BCUT2D eigenvalue weighted by Gasteiger charge is -2.48. The summed E-state index contributed by atoms with van der Waals surface area (Å²) in [7, 11) is 1.34. The highest BCUT2D eigenvalue weighted by molar-refractivity contribution is 5.69. The van der Waals surface area contributed by atoms with Crippen LogP contribution in [-0.4, -0.2) is 130 Å². The number of carbonyl (C=O) groups is 7. The molecule has 0 spiro atoms. The van der Waals surface area contributed by atoms with Crippen molar-refractivity contribution in [2.45, 2.75) is 148 Å². The second-order valence-corrected chi connectivity index (χ2v) is 12.6. The lowest BCUT2D eigenvalue weighted by Crippen LogP contribution is -2.66. The Bertz CT molecular complexity index is 1370. The van der Waals surface area contributed by atoms with Crippen LogP contribution in [0.5, 0.6) is 0 Å². The minimum atomic E-state index is -1.77. The first-order valence-electron chi connectivity index (χ1n) is 17.7. The number of carbonyl (C=O) groups excluding carboxylic acids is 7. The number of rotatable bonds is 21. The van der Waals surface area contributed by atoms with Gasteiger partial charge < -0.3 is 52.1 Å². The van der Waals surface area contributed by atoms with Gasteiger partial charge in [0.05, 0.1) is 7.11 Å². The highest BCUT2D eigenvalue weighted by Gasteiger charge is 2.56. The summed E-state index contributed by atoms with van der Waals surface area (Å²) in [4.78, 5) is 87.3. The Hall–Kier alpha value is -4.56. The van der Waals surface area contributed by atoms with Crippen molar-refractivity contribution >= 4 is 41.8 Å². The van der Waals surface area contributed by atoms with Crippen molar-refractivity contribution in [3.8, 4) is 0 Å². The molecule has 10 atom stereocenters. The molecule has 0 radical (unpaired) electrons. The minimum Gasteiger partial charge on any atom is -0.469 e. The molecule has 0 N–H and O–H groups in total. The van der Waals surface area contributed by atoms with E-state index >= 15 is 0 Å². The molecule has 2 heterocycles. The summed E-state index contributed by atoms with van der Waals surface area (Å²) in [5, 5.41) is 3.79. The van der Waals surface area contributed by atoms with E-state index in [1.165, 1.54) is 7.11 Å². The fourth-order valence-corrected chi connectivity index (χ4v) is 5.87.